The summed E-state index contributed by atoms with van der Waals surface area (Å²) in [7, 11) is -15.3. The van der Waals surface area contributed by atoms with Crippen LogP contribution in [0.15, 0.2) is 243 Å². The molecular weight excluding hydrogens is 933 g/mol. The van der Waals surface area contributed by atoms with Crippen LogP contribution < -0.4 is 42.4 Å². The molecule has 0 N–H and O–H groups in total. The molecule has 0 spiro atoms. The van der Waals surface area contributed by atoms with Crippen molar-refractivity contribution in [3.05, 3.63) is 243 Å². The summed E-state index contributed by atoms with van der Waals surface area (Å²) < 4.78 is 71.0. The smallest absolute Gasteiger partial charge is 0.147 e. The lowest BCUT2D eigenvalue weighted by Crippen LogP contribution is -2.57. The standard InChI is InChI=1S/C62H66O4P4/c1-5-48-61(4,49-67(63,51-32-16-8-17-33-51)52-34-18-9-19-35-52)59(69(65,55-40-24-12-25-41-55)56-42-26-13-27-43-56)60(70(66,57-44-28-14-29-45-57)58-46-30-15-31-47-58)62(6-2,7-3)50-68(64,53-36-20-10-21-37-53)54-38-22-11-23-39-54/h8-47,59-60H,5-7,48-50H2,1-4H3. The summed E-state index contributed by atoms with van der Waals surface area (Å²) in [5.74, 6) is 0. The zero-order chi connectivity index (χ0) is 49.3. The van der Waals surface area contributed by atoms with E-state index in [4.69, 9.17) is 0 Å². The van der Waals surface area contributed by atoms with Crippen molar-refractivity contribution < 1.29 is 18.3 Å². The largest absolute Gasteiger partial charge is 0.314 e. The van der Waals surface area contributed by atoms with Crippen molar-refractivity contribution in [1.82, 2.24) is 0 Å². The lowest BCUT2D eigenvalue weighted by molar-refractivity contribution is 0.210. The molecule has 0 fully saturated rings. The van der Waals surface area contributed by atoms with Crippen LogP contribution in [-0.2, 0) is 18.3 Å². The van der Waals surface area contributed by atoms with Crippen LogP contribution in [0.25, 0.3) is 0 Å². The molecule has 0 aliphatic rings. The summed E-state index contributed by atoms with van der Waals surface area (Å²) in [6.07, 6.45) is 2.44. The molecule has 3 unspecified atom stereocenters. The van der Waals surface area contributed by atoms with Gasteiger partial charge in [0.05, 0.1) is 0 Å². The molecule has 8 rings (SSSR count). The van der Waals surface area contributed by atoms with Gasteiger partial charge in [-0.15, -0.1) is 0 Å². The first-order chi connectivity index (χ1) is 33.9. The molecule has 0 amide bonds. The average molecular weight is 999 g/mol. The van der Waals surface area contributed by atoms with Crippen LogP contribution in [0, 0.1) is 10.8 Å². The van der Waals surface area contributed by atoms with Gasteiger partial charge < -0.3 is 18.3 Å². The molecule has 0 bridgehead atoms. The number of hydrogen-bond acceptors (Lipinski definition) is 4. The summed E-state index contributed by atoms with van der Waals surface area (Å²) in [5, 5.41) is 5.48. The Kier molecular flexibility index (Phi) is 16.0. The fraction of sp³-hybridized carbons (Fsp3) is 0.226. The van der Waals surface area contributed by atoms with Crippen molar-refractivity contribution >= 4 is 71.0 Å². The minimum atomic E-state index is -4.06. The monoisotopic (exact) mass is 998 g/mol. The zero-order valence-corrected chi connectivity index (χ0v) is 44.5. The maximum atomic E-state index is 18.5. The van der Waals surface area contributed by atoms with Crippen LogP contribution in [0.4, 0.5) is 0 Å². The van der Waals surface area contributed by atoms with E-state index in [0.29, 0.717) is 46.9 Å². The van der Waals surface area contributed by atoms with Gasteiger partial charge in [-0.2, -0.15) is 0 Å². The minimum Gasteiger partial charge on any atom is -0.314 e. The fourth-order valence-corrected chi connectivity index (χ4v) is 28.0. The van der Waals surface area contributed by atoms with Crippen molar-refractivity contribution in [1.29, 1.82) is 0 Å². The number of hydrogen-bond donors (Lipinski definition) is 0. The first-order valence-electron chi connectivity index (χ1n) is 24.8. The van der Waals surface area contributed by atoms with Gasteiger partial charge in [0.25, 0.3) is 0 Å². The Balaban J connectivity index is 1.60. The van der Waals surface area contributed by atoms with Crippen molar-refractivity contribution in [3.63, 3.8) is 0 Å². The first-order valence-corrected chi connectivity index (χ1v) is 32.1. The van der Waals surface area contributed by atoms with Gasteiger partial charge in [0.1, 0.15) is 28.6 Å². The van der Waals surface area contributed by atoms with E-state index in [1.165, 1.54) is 0 Å². The van der Waals surface area contributed by atoms with Gasteiger partial charge in [-0.1, -0.05) is 277 Å². The van der Waals surface area contributed by atoms with Crippen molar-refractivity contribution in [2.75, 3.05) is 12.3 Å². The van der Waals surface area contributed by atoms with Gasteiger partial charge in [0.2, 0.25) is 0 Å². The highest BCUT2D eigenvalue weighted by Crippen LogP contribution is 2.73. The van der Waals surface area contributed by atoms with Crippen molar-refractivity contribution in [2.45, 2.75) is 64.7 Å². The maximum absolute atomic E-state index is 18.5. The Morgan fingerprint density at radius 1 is 0.329 bits per heavy atom. The molecule has 0 heterocycles. The van der Waals surface area contributed by atoms with E-state index in [0.717, 1.165) is 21.2 Å². The Bertz CT molecular complexity index is 2920. The molecule has 70 heavy (non-hydrogen) atoms. The van der Waals surface area contributed by atoms with Crippen molar-refractivity contribution in [3.8, 4) is 0 Å². The van der Waals surface area contributed by atoms with E-state index in [-0.39, 0.29) is 12.3 Å². The molecule has 0 saturated heterocycles. The molecule has 0 aliphatic heterocycles. The molecule has 4 nitrogen and oxygen atoms in total. The van der Waals surface area contributed by atoms with Crippen molar-refractivity contribution in [2.24, 2.45) is 10.8 Å². The lowest BCUT2D eigenvalue weighted by atomic mass is 9.72. The second-order valence-electron chi connectivity index (χ2n) is 19.2. The van der Waals surface area contributed by atoms with Crippen LogP contribution in [0.3, 0.4) is 0 Å². The normalized spacial score (nSPS) is 14.3. The minimum absolute atomic E-state index is 0.148. The number of rotatable bonds is 21. The van der Waals surface area contributed by atoms with E-state index < -0.39 is 50.7 Å². The summed E-state index contributed by atoms with van der Waals surface area (Å²) in [6, 6.07) is 78.4. The Labute approximate surface area is 417 Å². The Morgan fingerprint density at radius 2 is 0.557 bits per heavy atom. The number of benzene rings is 8. The molecule has 0 aliphatic carbocycles. The molecule has 0 radical (unpaired) electrons. The van der Waals surface area contributed by atoms with Gasteiger partial charge in [-0.05, 0) is 30.1 Å². The Morgan fingerprint density at radius 3 is 0.800 bits per heavy atom. The summed E-state index contributed by atoms with van der Waals surface area (Å²) in [5.41, 5.74) is -3.94. The van der Waals surface area contributed by atoms with Gasteiger partial charge in [0, 0.05) is 66.1 Å². The van der Waals surface area contributed by atoms with Crippen LogP contribution in [0.1, 0.15) is 53.4 Å². The third-order valence-corrected chi connectivity index (χ3v) is 29.6. The predicted molar refractivity (Wildman–Crippen MR) is 302 cm³/mol. The fourth-order valence-electron chi connectivity index (χ4n) is 11.6. The first kappa shape index (κ1) is 51.0. The predicted octanol–water partition coefficient (Wildman–Crippen LogP) is 13.4. The van der Waals surface area contributed by atoms with Gasteiger partial charge in [-0.25, -0.2) is 0 Å². The topological polar surface area (TPSA) is 68.3 Å². The molecule has 358 valence electrons. The van der Waals surface area contributed by atoms with Gasteiger partial charge in [-0.3, -0.25) is 0 Å². The molecule has 0 saturated carbocycles. The van der Waals surface area contributed by atoms with Crippen LogP contribution in [0.5, 0.6) is 0 Å². The third-order valence-electron chi connectivity index (χ3n) is 15.0. The summed E-state index contributed by atoms with van der Waals surface area (Å²) in [6.45, 7) is 8.66. The second-order valence-corrected chi connectivity index (χ2v) is 30.6. The quantitative estimate of drug-likeness (QED) is 0.0673. The molecule has 0 aromatic heterocycles. The van der Waals surface area contributed by atoms with E-state index >= 15 is 18.3 Å². The SMILES string of the molecule is CCCC(C)(CP(=O)(c1ccccc1)c1ccccc1)C(C(C(CC)(CC)CP(=O)(c1ccccc1)c1ccccc1)P(=O)(c1ccccc1)c1ccccc1)P(=O)(c1ccccc1)c1ccccc1. The highest BCUT2D eigenvalue weighted by atomic mass is 31.2. The molecule has 3 atom stereocenters. The van der Waals surface area contributed by atoms with E-state index in [1.54, 1.807) is 0 Å². The van der Waals surface area contributed by atoms with Gasteiger partial charge >= 0.3 is 0 Å². The van der Waals surface area contributed by atoms with Crippen LogP contribution in [0.2, 0.25) is 0 Å². The van der Waals surface area contributed by atoms with Crippen LogP contribution in [-0.4, -0.2) is 23.6 Å². The summed E-state index contributed by atoms with van der Waals surface area (Å²) in [4.78, 5) is 0. The second kappa shape index (κ2) is 22.0. The molecule has 8 heteroatoms. The highest BCUT2D eigenvalue weighted by Gasteiger charge is 2.64. The average Bonchev–Trinajstić information content (AvgIpc) is 3.43. The zero-order valence-electron chi connectivity index (χ0n) is 40.9. The Hall–Kier alpha value is -5.32. The molecule has 8 aromatic carbocycles. The van der Waals surface area contributed by atoms with Crippen LogP contribution >= 0.6 is 28.6 Å². The van der Waals surface area contributed by atoms with Gasteiger partial charge in [0.15, 0.2) is 0 Å². The lowest BCUT2D eigenvalue weighted by Gasteiger charge is -2.56. The van der Waals surface area contributed by atoms with E-state index in [2.05, 4.69) is 27.7 Å². The third kappa shape index (κ3) is 9.71. The maximum Gasteiger partial charge on any atom is 0.147 e. The van der Waals surface area contributed by atoms with E-state index in [9.17, 15) is 0 Å². The summed E-state index contributed by atoms with van der Waals surface area (Å²) >= 11 is 0. The molecule has 8 aromatic rings. The van der Waals surface area contributed by atoms with E-state index in [1.807, 2.05) is 243 Å². The highest BCUT2D eigenvalue weighted by molar-refractivity contribution is 7.83. The molecular formula is C62H66O4P4.